The second kappa shape index (κ2) is 10.8. The molecule has 162 valence electrons. The van der Waals surface area contributed by atoms with Gasteiger partial charge in [-0.15, -0.1) is 0 Å². The number of aryl methyl sites for hydroxylation is 2. The van der Waals surface area contributed by atoms with E-state index in [1.54, 1.807) is 7.11 Å². The van der Waals surface area contributed by atoms with Gasteiger partial charge in [0, 0.05) is 11.4 Å². The summed E-state index contributed by atoms with van der Waals surface area (Å²) < 4.78 is 5.30. The van der Waals surface area contributed by atoms with Gasteiger partial charge < -0.3 is 10.5 Å². The number of aliphatic imine (C=N–C) groups is 1. The van der Waals surface area contributed by atoms with Gasteiger partial charge in [-0.25, -0.2) is 0 Å². The molecule has 0 aliphatic heterocycles. The van der Waals surface area contributed by atoms with Gasteiger partial charge in [0.2, 0.25) is 0 Å². The number of rotatable bonds is 9. The van der Waals surface area contributed by atoms with Crippen molar-refractivity contribution in [1.29, 1.82) is 0 Å². The molecule has 0 spiro atoms. The molecule has 0 bridgehead atoms. The molecule has 0 unspecified atom stereocenters. The Hall–Kier alpha value is -3.07. The van der Waals surface area contributed by atoms with Gasteiger partial charge in [-0.2, -0.15) is 0 Å². The smallest absolute Gasteiger partial charge is 0.118 e. The van der Waals surface area contributed by atoms with Crippen LogP contribution >= 0.6 is 0 Å². The number of nitrogens with zero attached hydrogens (tertiary/aromatic N) is 1. The van der Waals surface area contributed by atoms with Crippen LogP contribution in [0.5, 0.6) is 5.75 Å². The van der Waals surface area contributed by atoms with Crippen LogP contribution in [0.4, 0.5) is 11.4 Å². The molecule has 0 aliphatic carbocycles. The van der Waals surface area contributed by atoms with Crippen LogP contribution in [0.15, 0.2) is 65.7 Å². The molecular formula is C28H34N2O. The summed E-state index contributed by atoms with van der Waals surface area (Å²) in [5.41, 5.74) is 15.4. The second-order valence-corrected chi connectivity index (χ2v) is 7.92. The van der Waals surface area contributed by atoms with E-state index in [2.05, 4.69) is 63.2 Å². The second-order valence-electron chi connectivity index (χ2n) is 7.92. The first-order chi connectivity index (χ1) is 15.1. The van der Waals surface area contributed by atoms with Gasteiger partial charge in [0.15, 0.2) is 0 Å². The fourth-order valence-electron chi connectivity index (χ4n) is 3.88. The first-order valence-electron chi connectivity index (χ1n) is 11.3. The van der Waals surface area contributed by atoms with Crippen molar-refractivity contribution >= 4 is 17.1 Å². The maximum atomic E-state index is 6.07. The molecular weight excluding hydrogens is 380 g/mol. The molecule has 0 amide bonds. The van der Waals surface area contributed by atoms with Crippen molar-refractivity contribution in [3.05, 3.63) is 88.5 Å². The molecule has 31 heavy (non-hydrogen) atoms. The Morgan fingerprint density at radius 2 is 1.48 bits per heavy atom. The highest BCUT2D eigenvalue weighted by Gasteiger charge is 2.08. The third kappa shape index (κ3) is 5.75. The summed E-state index contributed by atoms with van der Waals surface area (Å²) in [7, 11) is 1.69. The fourth-order valence-corrected chi connectivity index (χ4v) is 3.88. The fraction of sp³-hybridized carbons (Fsp3) is 0.321. The lowest BCUT2D eigenvalue weighted by atomic mass is 9.98. The van der Waals surface area contributed by atoms with Crippen molar-refractivity contribution in [3.8, 4) is 5.75 Å². The number of methoxy groups -OCH3 is 1. The third-order valence-electron chi connectivity index (χ3n) is 5.69. The van der Waals surface area contributed by atoms with E-state index in [4.69, 9.17) is 15.5 Å². The molecule has 0 radical (unpaired) electrons. The molecule has 0 atom stereocenters. The quantitative estimate of drug-likeness (QED) is 0.305. The molecule has 3 rings (SSSR count). The van der Waals surface area contributed by atoms with Crippen LogP contribution < -0.4 is 10.5 Å². The molecule has 3 heteroatoms. The zero-order valence-electron chi connectivity index (χ0n) is 19.2. The van der Waals surface area contributed by atoms with E-state index in [1.165, 1.54) is 22.3 Å². The van der Waals surface area contributed by atoms with Crippen molar-refractivity contribution in [2.24, 2.45) is 4.99 Å². The predicted octanol–water partition coefficient (Wildman–Crippen LogP) is 6.91. The number of hydrogen-bond donors (Lipinski definition) is 1. The van der Waals surface area contributed by atoms with Crippen LogP contribution in [-0.2, 0) is 19.3 Å². The van der Waals surface area contributed by atoms with E-state index >= 15 is 0 Å². The highest BCUT2D eigenvalue weighted by Crippen LogP contribution is 2.26. The topological polar surface area (TPSA) is 47.6 Å². The maximum Gasteiger partial charge on any atom is 0.118 e. The number of hydrogen-bond acceptors (Lipinski definition) is 3. The van der Waals surface area contributed by atoms with Crippen molar-refractivity contribution in [2.75, 3.05) is 12.8 Å². The number of nitrogen functional groups attached to an aromatic ring is 1. The van der Waals surface area contributed by atoms with Gasteiger partial charge >= 0.3 is 0 Å². The van der Waals surface area contributed by atoms with Crippen LogP contribution in [0.3, 0.4) is 0 Å². The number of benzene rings is 3. The Labute approximate surface area is 187 Å². The molecule has 0 aliphatic rings. The van der Waals surface area contributed by atoms with Crippen molar-refractivity contribution in [1.82, 2.24) is 0 Å². The maximum absolute atomic E-state index is 6.07. The molecule has 0 aromatic heterocycles. The molecule has 0 heterocycles. The normalized spacial score (nSPS) is 11.5. The Morgan fingerprint density at radius 1 is 0.839 bits per heavy atom. The standard InChI is InChI=1S/C28H34N2O/c1-5-8-27(24-11-13-25(31-4)14-12-24)30-28-16-10-21(19-23(28)7-3)17-20-9-15-26(29)22(6-2)18-20/h9-16,18-19H,5-8,17,29H2,1-4H3/b30-27+. The minimum atomic E-state index is 0.868. The summed E-state index contributed by atoms with van der Waals surface area (Å²) in [5, 5.41) is 0. The van der Waals surface area contributed by atoms with Crippen LogP contribution in [0.25, 0.3) is 0 Å². The van der Waals surface area contributed by atoms with Crippen LogP contribution in [0.1, 0.15) is 61.4 Å². The first kappa shape index (κ1) is 22.6. The summed E-state index contributed by atoms with van der Waals surface area (Å²) >= 11 is 0. The van der Waals surface area contributed by atoms with E-state index in [0.717, 1.165) is 60.5 Å². The summed E-state index contributed by atoms with van der Waals surface area (Å²) in [5.74, 6) is 0.868. The molecule has 0 saturated heterocycles. The minimum absolute atomic E-state index is 0.868. The number of nitrogens with two attached hydrogens (primary N) is 1. The van der Waals surface area contributed by atoms with Crippen molar-refractivity contribution < 1.29 is 4.74 Å². The average Bonchev–Trinajstić information content (AvgIpc) is 2.80. The van der Waals surface area contributed by atoms with E-state index < -0.39 is 0 Å². The lowest BCUT2D eigenvalue weighted by Gasteiger charge is -2.12. The molecule has 3 aromatic rings. The molecule has 3 aromatic carbocycles. The van der Waals surface area contributed by atoms with E-state index in [1.807, 2.05) is 18.2 Å². The molecule has 3 nitrogen and oxygen atoms in total. The summed E-state index contributed by atoms with van der Waals surface area (Å²) in [6.45, 7) is 6.54. The van der Waals surface area contributed by atoms with Gasteiger partial charge in [-0.05, 0) is 89.9 Å². The summed E-state index contributed by atoms with van der Waals surface area (Å²) in [4.78, 5) is 5.09. The van der Waals surface area contributed by atoms with E-state index in [0.29, 0.717) is 0 Å². The molecule has 0 fully saturated rings. The van der Waals surface area contributed by atoms with Gasteiger partial charge in [0.25, 0.3) is 0 Å². The Balaban J connectivity index is 1.90. The van der Waals surface area contributed by atoms with Gasteiger partial charge in [-0.3, -0.25) is 4.99 Å². The predicted molar refractivity (Wildman–Crippen MR) is 133 cm³/mol. The third-order valence-corrected chi connectivity index (χ3v) is 5.69. The van der Waals surface area contributed by atoms with Crippen LogP contribution in [0, 0.1) is 0 Å². The minimum Gasteiger partial charge on any atom is -0.497 e. The monoisotopic (exact) mass is 414 g/mol. The van der Waals surface area contributed by atoms with E-state index in [9.17, 15) is 0 Å². The highest BCUT2D eigenvalue weighted by molar-refractivity contribution is 6.02. The average molecular weight is 415 g/mol. The van der Waals surface area contributed by atoms with Gasteiger partial charge in [0.05, 0.1) is 12.8 Å². The number of anilines is 1. The molecule has 0 saturated carbocycles. The number of ether oxygens (including phenoxy) is 1. The molecule has 2 N–H and O–H groups in total. The highest BCUT2D eigenvalue weighted by atomic mass is 16.5. The zero-order chi connectivity index (χ0) is 22.2. The SMILES string of the molecule is CCC/C(=N\c1ccc(Cc2ccc(N)c(CC)c2)cc1CC)c1ccc(OC)cc1. The Bertz CT molecular complexity index is 1040. The van der Waals surface area contributed by atoms with Crippen LogP contribution in [0.2, 0.25) is 0 Å². The summed E-state index contributed by atoms with van der Waals surface area (Å²) in [6, 6.07) is 21.3. The van der Waals surface area contributed by atoms with Crippen molar-refractivity contribution in [3.63, 3.8) is 0 Å². The Kier molecular flexibility index (Phi) is 7.88. The lowest BCUT2D eigenvalue weighted by molar-refractivity contribution is 0.415. The first-order valence-corrected chi connectivity index (χ1v) is 11.3. The van der Waals surface area contributed by atoms with E-state index in [-0.39, 0.29) is 0 Å². The summed E-state index contributed by atoms with van der Waals surface area (Å²) in [6.07, 6.45) is 4.82. The van der Waals surface area contributed by atoms with Crippen LogP contribution in [-0.4, -0.2) is 12.8 Å². The zero-order valence-corrected chi connectivity index (χ0v) is 19.2. The Morgan fingerprint density at radius 3 is 2.10 bits per heavy atom. The van der Waals surface area contributed by atoms with Crippen molar-refractivity contribution in [2.45, 2.75) is 52.9 Å². The lowest BCUT2D eigenvalue weighted by Crippen LogP contribution is -2.01. The van der Waals surface area contributed by atoms with Gasteiger partial charge in [0.1, 0.15) is 5.75 Å². The van der Waals surface area contributed by atoms with Gasteiger partial charge in [-0.1, -0.05) is 51.5 Å². The largest absolute Gasteiger partial charge is 0.497 e.